The van der Waals surface area contributed by atoms with Crippen molar-refractivity contribution in [3.05, 3.63) is 81.8 Å². The summed E-state index contributed by atoms with van der Waals surface area (Å²) < 4.78 is 5.91. The van der Waals surface area contributed by atoms with Crippen LogP contribution in [0.15, 0.2) is 70.7 Å². The van der Waals surface area contributed by atoms with Crippen molar-refractivity contribution in [1.29, 1.82) is 0 Å². The minimum atomic E-state index is -0.697. The number of ketones is 1. The lowest BCUT2D eigenvalue weighted by Crippen LogP contribution is -2.35. The van der Waals surface area contributed by atoms with Crippen molar-refractivity contribution in [3.8, 4) is 5.75 Å². The molecule has 1 atom stereocenters. The highest BCUT2D eigenvalue weighted by Gasteiger charge is 2.46. The van der Waals surface area contributed by atoms with Crippen LogP contribution in [0.5, 0.6) is 5.75 Å². The number of fused-ring (bicyclic) bond motifs is 1. The van der Waals surface area contributed by atoms with Crippen molar-refractivity contribution >= 4 is 44.2 Å². The number of likely N-dealkylation sites (tertiary alicyclic amines) is 1. The average molecular weight is 509 g/mol. The lowest BCUT2D eigenvalue weighted by molar-refractivity contribution is -0.140. The number of halogens is 1. The van der Waals surface area contributed by atoms with Gasteiger partial charge in [0.1, 0.15) is 11.5 Å². The number of benzene rings is 3. The highest BCUT2D eigenvalue weighted by atomic mass is 79.9. The molecule has 1 fully saturated rings. The third-order valence-electron chi connectivity index (χ3n) is 5.87. The quantitative estimate of drug-likeness (QED) is 0.299. The molecule has 170 valence electrons. The number of methoxy groups -OCH3 is 1. The number of hydrogen-bond acceptors (Lipinski definition) is 5. The second kappa shape index (κ2) is 9.37. The van der Waals surface area contributed by atoms with Gasteiger partial charge in [-0.05, 0) is 64.6 Å². The summed E-state index contributed by atoms with van der Waals surface area (Å²) in [6, 6.07) is 18.0. The molecular formula is C26H25BrN2O4. The van der Waals surface area contributed by atoms with E-state index in [0.29, 0.717) is 28.9 Å². The van der Waals surface area contributed by atoms with Gasteiger partial charge in [0.2, 0.25) is 0 Å². The molecule has 4 rings (SSSR count). The Morgan fingerprint density at radius 2 is 1.82 bits per heavy atom. The van der Waals surface area contributed by atoms with Gasteiger partial charge in [-0.25, -0.2) is 0 Å². The van der Waals surface area contributed by atoms with Gasteiger partial charge in [-0.1, -0.05) is 42.5 Å². The first kappa shape index (κ1) is 23.0. The molecule has 0 aromatic heterocycles. The molecule has 1 aliphatic rings. The van der Waals surface area contributed by atoms with E-state index >= 15 is 0 Å². The second-order valence-corrected chi connectivity index (χ2v) is 9.07. The summed E-state index contributed by atoms with van der Waals surface area (Å²) in [6.45, 7) is 0.941. The first-order chi connectivity index (χ1) is 15.8. The van der Waals surface area contributed by atoms with Crippen molar-refractivity contribution in [1.82, 2.24) is 9.80 Å². The summed E-state index contributed by atoms with van der Waals surface area (Å²) in [5, 5.41) is 13.2. The molecule has 3 aromatic rings. The second-order valence-electron chi connectivity index (χ2n) is 8.21. The van der Waals surface area contributed by atoms with Gasteiger partial charge in [-0.3, -0.25) is 9.59 Å². The molecule has 0 radical (unpaired) electrons. The Kier molecular flexibility index (Phi) is 6.54. The number of aliphatic hydroxyl groups is 1. The lowest BCUT2D eigenvalue weighted by Gasteiger charge is -2.27. The van der Waals surface area contributed by atoms with E-state index in [1.54, 1.807) is 30.2 Å². The first-order valence-corrected chi connectivity index (χ1v) is 11.4. The van der Waals surface area contributed by atoms with Gasteiger partial charge in [0.15, 0.2) is 0 Å². The van der Waals surface area contributed by atoms with Crippen LogP contribution in [0.2, 0.25) is 0 Å². The Morgan fingerprint density at radius 1 is 1.09 bits per heavy atom. The van der Waals surface area contributed by atoms with Gasteiger partial charge in [-0.2, -0.15) is 0 Å². The number of nitrogens with zero attached hydrogens (tertiary/aromatic N) is 2. The van der Waals surface area contributed by atoms with Crippen molar-refractivity contribution in [2.24, 2.45) is 0 Å². The van der Waals surface area contributed by atoms with Crippen LogP contribution in [0.3, 0.4) is 0 Å². The van der Waals surface area contributed by atoms with E-state index in [9.17, 15) is 14.7 Å². The minimum Gasteiger partial charge on any atom is -0.507 e. The SMILES string of the molecule is COc1ccc(/C(O)=C2/C(=O)C(=O)N(CCN(C)C)C2c2cccc3ccccc23)cc1Br. The molecule has 1 aliphatic heterocycles. The van der Waals surface area contributed by atoms with E-state index < -0.39 is 17.7 Å². The molecule has 7 heteroatoms. The van der Waals surface area contributed by atoms with Crippen LogP contribution in [-0.2, 0) is 9.59 Å². The Hall–Kier alpha value is -3.16. The number of Topliss-reactive ketones (excluding diaryl/α,β-unsaturated/α-hetero) is 1. The summed E-state index contributed by atoms with van der Waals surface area (Å²) in [4.78, 5) is 29.9. The Labute approximate surface area is 201 Å². The normalized spacial score (nSPS) is 17.8. The van der Waals surface area contributed by atoms with E-state index in [4.69, 9.17) is 4.74 Å². The molecule has 0 bridgehead atoms. The van der Waals surface area contributed by atoms with E-state index in [1.165, 1.54) is 0 Å². The van der Waals surface area contributed by atoms with Gasteiger partial charge in [0, 0.05) is 18.7 Å². The molecule has 1 unspecified atom stereocenters. The number of amides is 1. The van der Waals surface area contributed by atoms with Crippen LogP contribution >= 0.6 is 15.9 Å². The zero-order valence-corrected chi connectivity index (χ0v) is 20.3. The van der Waals surface area contributed by atoms with Crippen LogP contribution in [0, 0.1) is 0 Å². The molecule has 1 amide bonds. The Morgan fingerprint density at radius 3 is 2.52 bits per heavy atom. The fraction of sp³-hybridized carbons (Fsp3) is 0.231. The van der Waals surface area contributed by atoms with Crippen molar-refractivity contribution in [3.63, 3.8) is 0 Å². The summed E-state index contributed by atoms with van der Waals surface area (Å²) in [7, 11) is 5.38. The van der Waals surface area contributed by atoms with Crippen LogP contribution in [0.25, 0.3) is 16.5 Å². The Bertz CT molecular complexity index is 1260. The maximum absolute atomic E-state index is 13.2. The van der Waals surface area contributed by atoms with E-state index in [2.05, 4.69) is 15.9 Å². The lowest BCUT2D eigenvalue weighted by atomic mass is 9.91. The summed E-state index contributed by atoms with van der Waals surface area (Å²) in [5.74, 6) is -0.898. The van der Waals surface area contributed by atoms with Gasteiger partial charge >= 0.3 is 0 Å². The fourth-order valence-corrected chi connectivity index (χ4v) is 4.74. The van der Waals surface area contributed by atoms with E-state index in [-0.39, 0.29) is 11.3 Å². The molecule has 6 nitrogen and oxygen atoms in total. The van der Waals surface area contributed by atoms with Crippen molar-refractivity contribution < 1.29 is 19.4 Å². The van der Waals surface area contributed by atoms with Gasteiger partial charge in [0.25, 0.3) is 11.7 Å². The predicted molar refractivity (Wildman–Crippen MR) is 132 cm³/mol. The van der Waals surface area contributed by atoms with E-state index in [0.717, 1.165) is 16.3 Å². The van der Waals surface area contributed by atoms with Gasteiger partial charge < -0.3 is 19.6 Å². The third kappa shape index (κ3) is 4.26. The van der Waals surface area contributed by atoms with Crippen LogP contribution in [0.4, 0.5) is 0 Å². The fourth-order valence-electron chi connectivity index (χ4n) is 4.20. The van der Waals surface area contributed by atoms with Crippen LogP contribution < -0.4 is 4.74 Å². The van der Waals surface area contributed by atoms with Crippen LogP contribution in [0.1, 0.15) is 17.2 Å². The number of carbonyl (C=O) groups excluding carboxylic acids is 2. The number of hydrogen-bond donors (Lipinski definition) is 1. The molecule has 0 saturated carbocycles. The minimum absolute atomic E-state index is 0.0900. The summed E-state index contributed by atoms with van der Waals surface area (Å²) in [6.07, 6.45) is 0. The monoisotopic (exact) mass is 508 g/mol. The van der Waals surface area contributed by atoms with Gasteiger partial charge in [-0.15, -0.1) is 0 Å². The van der Waals surface area contributed by atoms with Gasteiger partial charge in [0.05, 0.1) is 23.2 Å². The number of aliphatic hydroxyl groups excluding tert-OH is 1. The molecule has 1 saturated heterocycles. The highest BCUT2D eigenvalue weighted by Crippen LogP contribution is 2.42. The number of ether oxygens (including phenoxy) is 1. The molecule has 33 heavy (non-hydrogen) atoms. The average Bonchev–Trinajstić information content (AvgIpc) is 3.06. The largest absolute Gasteiger partial charge is 0.507 e. The molecule has 0 spiro atoms. The third-order valence-corrected chi connectivity index (χ3v) is 6.49. The molecule has 1 heterocycles. The predicted octanol–water partition coefficient (Wildman–Crippen LogP) is 4.59. The highest BCUT2D eigenvalue weighted by molar-refractivity contribution is 9.10. The zero-order chi connectivity index (χ0) is 23.7. The smallest absolute Gasteiger partial charge is 0.295 e. The Balaban J connectivity index is 1.93. The van der Waals surface area contributed by atoms with Crippen molar-refractivity contribution in [2.45, 2.75) is 6.04 Å². The number of rotatable bonds is 6. The molecule has 1 N–H and O–H groups in total. The first-order valence-electron chi connectivity index (χ1n) is 10.6. The van der Waals surface area contributed by atoms with Crippen LogP contribution in [-0.4, -0.2) is 60.9 Å². The number of likely N-dealkylation sites (N-methyl/N-ethyl adjacent to an activating group) is 1. The standard InChI is InChI=1S/C26H25BrN2O4/c1-28(2)13-14-29-23(19-10-6-8-16-7-4-5-9-18(16)19)22(25(31)26(29)32)24(30)17-11-12-21(33-3)20(27)15-17/h4-12,15,23,30H,13-14H2,1-3H3/b24-22-. The topological polar surface area (TPSA) is 70.1 Å². The van der Waals surface area contributed by atoms with E-state index in [1.807, 2.05) is 61.5 Å². The molecular weight excluding hydrogens is 484 g/mol. The number of carbonyl (C=O) groups is 2. The summed E-state index contributed by atoms with van der Waals surface area (Å²) in [5.41, 5.74) is 1.32. The maximum Gasteiger partial charge on any atom is 0.295 e. The van der Waals surface area contributed by atoms with Crippen molar-refractivity contribution in [2.75, 3.05) is 34.3 Å². The molecule has 0 aliphatic carbocycles. The zero-order valence-electron chi connectivity index (χ0n) is 18.7. The molecule has 3 aromatic carbocycles. The summed E-state index contributed by atoms with van der Waals surface area (Å²) >= 11 is 3.43. The maximum atomic E-state index is 13.2.